The topological polar surface area (TPSA) is 37.3 Å². The van der Waals surface area contributed by atoms with E-state index < -0.39 is 0 Å². The number of hydrogen-bond acceptors (Lipinski definition) is 4. The molecule has 1 aromatic rings. The largest absolute Gasteiger partial charge is 0.333 e. The molecule has 0 saturated carbocycles. The minimum atomic E-state index is 0.629. The third kappa shape index (κ3) is 3.25. The molecule has 1 aliphatic rings. The summed E-state index contributed by atoms with van der Waals surface area (Å²) in [6.07, 6.45) is 3.07. The molecular formula is C14H21N3S. The molecule has 1 unspecified atom stereocenters. The minimum Gasteiger partial charge on any atom is -0.333 e. The van der Waals surface area contributed by atoms with Crippen LogP contribution >= 0.6 is 11.8 Å². The lowest BCUT2D eigenvalue weighted by Gasteiger charge is -2.13. The zero-order valence-electron chi connectivity index (χ0n) is 11.5. The number of aryl methyl sites for hydroxylation is 2. The smallest absolute Gasteiger partial charge is 0.161 e. The molecule has 18 heavy (non-hydrogen) atoms. The van der Waals surface area contributed by atoms with Gasteiger partial charge in [0.15, 0.2) is 5.17 Å². The van der Waals surface area contributed by atoms with E-state index in [1.807, 2.05) is 30.9 Å². The van der Waals surface area contributed by atoms with Crippen LogP contribution in [0.1, 0.15) is 31.5 Å². The Hall–Kier alpha value is -1.03. The van der Waals surface area contributed by atoms with E-state index in [4.69, 9.17) is 0 Å². The summed E-state index contributed by atoms with van der Waals surface area (Å²) in [6.45, 7) is 9.59. The molecule has 4 heteroatoms. The Morgan fingerprint density at radius 1 is 1.44 bits per heavy atom. The van der Waals surface area contributed by atoms with Crippen LogP contribution in [0.5, 0.6) is 0 Å². The first kappa shape index (κ1) is 13.4. The summed E-state index contributed by atoms with van der Waals surface area (Å²) >= 11 is 1.86. The van der Waals surface area contributed by atoms with Crippen LogP contribution in [0, 0.1) is 19.8 Å². The van der Waals surface area contributed by atoms with E-state index >= 15 is 0 Å². The molecule has 3 nitrogen and oxygen atoms in total. The summed E-state index contributed by atoms with van der Waals surface area (Å²) in [6, 6.07) is 2.03. The maximum absolute atomic E-state index is 4.59. The number of aromatic nitrogens is 1. The first-order chi connectivity index (χ1) is 8.56. The van der Waals surface area contributed by atoms with Gasteiger partial charge in [0.05, 0.1) is 17.9 Å². The fraction of sp³-hybridized carbons (Fsp3) is 0.571. The highest BCUT2D eigenvalue weighted by atomic mass is 32.2. The number of thioether (sulfide) groups is 1. The molecule has 98 valence electrons. The van der Waals surface area contributed by atoms with Gasteiger partial charge in [-0.1, -0.05) is 25.6 Å². The fourth-order valence-electron chi connectivity index (χ4n) is 2.12. The van der Waals surface area contributed by atoms with E-state index in [9.17, 15) is 0 Å². The number of aliphatic imine (C=N–C) groups is 1. The zero-order chi connectivity index (χ0) is 13.1. The van der Waals surface area contributed by atoms with Crippen molar-refractivity contribution in [2.75, 3.05) is 11.9 Å². The molecule has 0 spiro atoms. The van der Waals surface area contributed by atoms with Crippen LogP contribution in [0.2, 0.25) is 0 Å². The molecule has 1 aromatic heterocycles. The lowest BCUT2D eigenvalue weighted by molar-refractivity contribution is 0.575. The quantitative estimate of drug-likeness (QED) is 0.905. The Bertz CT molecular complexity index is 434. The number of anilines is 1. The van der Waals surface area contributed by atoms with Crippen LogP contribution in [-0.2, 0) is 0 Å². The van der Waals surface area contributed by atoms with Gasteiger partial charge in [-0.3, -0.25) is 9.98 Å². The molecule has 0 radical (unpaired) electrons. The molecule has 0 saturated heterocycles. The van der Waals surface area contributed by atoms with Crippen molar-refractivity contribution in [3.63, 3.8) is 0 Å². The summed E-state index contributed by atoms with van der Waals surface area (Å²) < 4.78 is 0. The Labute approximate surface area is 113 Å². The van der Waals surface area contributed by atoms with E-state index in [2.05, 4.69) is 36.1 Å². The molecule has 0 aliphatic carbocycles. The maximum Gasteiger partial charge on any atom is 0.161 e. The second-order valence-electron chi connectivity index (χ2n) is 5.23. The molecule has 0 fully saturated rings. The Balaban J connectivity index is 1.99. The lowest BCUT2D eigenvalue weighted by atomic mass is 10.1. The van der Waals surface area contributed by atoms with Gasteiger partial charge in [0.25, 0.3) is 0 Å². The third-order valence-corrected chi connectivity index (χ3v) is 4.16. The van der Waals surface area contributed by atoms with Gasteiger partial charge in [-0.15, -0.1) is 0 Å². The first-order valence-corrected chi connectivity index (χ1v) is 7.34. The van der Waals surface area contributed by atoms with Gasteiger partial charge in [0.2, 0.25) is 0 Å². The summed E-state index contributed by atoms with van der Waals surface area (Å²) in [7, 11) is 0. The Morgan fingerprint density at radius 2 is 2.22 bits per heavy atom. The van der Waals surface area contributed by atoms with E-state index in [0.29, 0.717) is 5.25 Å². The average molecular weight is 263 g/mol. The van der Waals surface area contributed by atoms with E-state index in [0.717, 1.165) is 29.0 Å². The van der Waals surface area contributed by atoms with E-state index in [-0.39, 0.29) is 0 Å². The van der Waals surface area contributed by atoms with Crippen molar-refractivity contribution in [2.24, 2.45) is 10.9 Å². The normalized spacial score (nSPS) is 19.2. The standard InChI is InChI=1S/C14H21N3S/c1-9(2)7-12-8-16-14(18-12)17-13-10(3)5-6-15-11(13)4/h5-6,9,12H,7-8H2,1-4H3,(H,16,17). The molecule has 2 heterocycles. The molecular weight excluding hydrogens is 242 g/mol. The highest BCUT2D eigenvalue weighted by molar-refractivity contribution is 8.15. The van der Waals surface area contributed by atoms with Gasteiger partial charge in [-0.2, -0.15) is 0 Å². The maximum atomic E-state index is 4.59. The van der Waals surface area contributed by atoms with Gasteiger partial charge >= 0.3 is 0 Å². The van der Waals surface area contributed by atoms with Crippen molar-refractivity contribution in [1.82, 2.24) is 4.98 Å². The van der Waals surface area contributed by atoms with Crippen LogP contribution in [0.15, 0.2) is 17.3 Å². The molecule has 0 amide bonds. The number of hydrogen-bond donors (Lipinski definition) is 1. The average Bonchev–Trinajstić information content (AvgIpc) is 2.70. The molecule has 1 atom stereocenters. The minimum absolute atomic E-state index is 0.629. The van der Waals surface area contributed by atoms with Crippen molar-refractivity contribution in [3.8, 4) is 0 Å². The van der Waals surface area contributed by atoms with Gasteiger partial charge in [0.1, 0.15) is 0 Å². The second-order valence-corrected chi connectivity index (χ2v) is 6.52. The van der Waals surface area contributed by atoms with Crippen LogP contribution < -0.4 is 5.32 Å². The van der Waals surface area contributed by atoms with Crippen molar-refractivity contribution in [2.45, 2.75) is 39.4 Å². The Kier molecular flexibility index (Phi) is 4.27. The van der Waals surface area contributed by atoms with Crippen LogP contribution in [-0.4, -0.2) is 21.9 Å². The summed E-state index contributed by atoms with van der Waals surface area (Å²) in [5.74, 6) is 0.735. The highest BCUT2D eigenvalue weighted by Crippen LogP contribution is 2.28. The lowest BCUT2D eigenvalue weighted by Crippen LogP contribution is -2.11. The van der Waals surface area contributed by atoms with E-state index in [1.165, 1.54) is 12.0 Å². The second kappa shape index (κ2) is 5.74. The fourth-order valence-corrected chi connectivity index (χ4v) is 3.38. The monoisotopic (exact) mass is 263 g/mol. The van der Waals surface area contributed by atoms with Crippen molar-refractivity contribution < 1.29 is 0 Å². The summed E-state index contributed by atoms with van der Waals surface area (Å²) in [5, 5.41) is 5.10. The highest BCUT2D eigenvalue weighted by Gasteiger charge is 2.21. The van der Waals surface area contributed by atoms with Crippen molar-refractivity contribution >= 4 is 22.6 Å². The zero-order valence-corrected chi connectivity index (χ0v) is 12.3. The van der Waals surface area contributed by atoms with Gasteiger partial charge in [-0.05, 0) is 37.8 Å². The molecule has 0 bridgehead atoms. The van der Waals surface area contributed by atoms with Crippen LogP contribution in [0.4, 0.5) is 5.69 Å². The molecule has 1 N–H and O–H groups in total. The number of pyridine rings is 1. The third-order valence-electron chi connectivity index (χ3n) is 3.03. The molecule has 0 aromatic carbocycles. The van der Waals surface area contributed by atoms with Crippen molar-refractivity contribution in [3.05, 3.63) is 23.5 Å². The number of nitrogens with zero attached hydrogens (tertiary/aromatic N) is 2. The first-order valence-electron chi connectivity index (χ1n) is 6.46. The number of nitrogens with one attached hydrogen (secondary N) is 1. The van der Waals surface area contributed by atoms with Gasteiger partial charge in [-0.25, -0.2) is 0 Å². The summed E-state index contributed by atoms with van der Waals surface area (Å²) in [5.41, 5.74) is 3.36. The van der Waals surface area contributed by atoms with Crippen LogP contribution in [0.3, 0.4) is 0 Å². The van der Waals surface area contributed by atoms with Crippen LogP contribution in [0.25, 0.3) is 0 Å². The number of amidine groups is 1. The van der Waals surface area contributed by atoms with Crippen molar-refractivity contribution in [1.29, 1.82) is 0 Å². The SMILES string of the molecule is Cc1ccnc(C)c1NC1=NCC(CC(C)C)S1. The molecule has 1 aliphatic heterocycles. The van der Waals surface area contributed by atoms with E-state index in [1.54, 1.807) is 0 Å². The number of rotatable bonds is 3. The molecule has 2 rings (SSSR count). The van der Waals surface area contributed by atoms with Gasteiger partial charge in [0, 0.05) is 11.4 Å². The van der Waals surface area contributed by atoms with Gasteiger partial charge < -0.3 is 5.32 Å². The predicted octanol–water partition coefficient (Wildman–Crippen LogP) is 3.63. The summed E-state index contributed by atoms with van der Waals surface area (Å²) in [4.78, 5) is 8.91. The Morgan fingerprint density at radius 3 is 2.89 bits per heavy atom. The predicted molar refractivity (Wildman–Crippen MR) is 80.5 cm³/mol.